The molecule has 0 radical (unpaired) electrons. The predicted molar refractivity (Wildman–Crippen MR) is 116 cm³/mol. The summed E-state index contributed by atoms with van der Waals surface area (Å²) in [6.07, 6.45) is 5.08. The highest BCUT2D eigenvalue weighted by atomic mass is 35.5. The largest absolute Gasteiger partial charge is 0.480 e. The number of likely N-dealkylation sites (N-methyl/N-ethyl adjacent to an activating group) is 1. The number of carboxylic acids is 1. The molecule has 3 rings (SSSR count). The van der Waals surface area contributed by atoms with Gasteiger partial charge in [-0.2, -0.15) is 0 Å². The van der Waals surface area contributed by atoms with Crippen molar-refractivity contribution in [1.82, 2.24) is 10.3 Å². The van der Waals surface area contributed by atoms with Crippen LogP contribution in [0.15, 0.2) is 52.9 Å². The zero-order chi connectivity index (χ0) is 20.8. The minimum Gasteiger partial charge on any atom is -0.480 e. The van der Waals surface area contributed by atoms with Gasteiger partial charge in [0.2, 0.25) is 5.91 Å². The van der Waals surface area contributed by atoms with Gasteiger partial charge in [-0.1, -0.05) is 47.5 Å². The summed E-state index contributed by atoms with van der Waals surface area (Å²) in [5.41, 5.74) is 3.60. The molecule has 2 aromatic rings. The van der Waals surface area contributed by atoms with Crippen LogP contribution in [0.25, 0.3) is 11.3 Å². The normalized spacial score (nSPS) is 13.4. The maximum Gasteiger partial charge on any atom is 0.322 e. The third kappa shape index (κ3) is 5.46. The van der Waals surface area contributed by atoms with Gasteiger partial charge in [0, 0.05) is 34.6 Å². The van der Waals surface area contributed by atoms with Crippen molar-refractivity contribution in [2.45, 2.75) is 19.8 Å². The number of carbonyl (C=O) groups excluding carboxylic acids is 1. The molecule has 29 heavy (non-hydrogen) atoms. The Kier molecular flexibility index (Phi) is 7.06. The van der Waals surface area contributed by atoms with Gasteiger partial charge >= 0.3 is 5.97 Å². The number of halogens is 1. The van der Waals surface area contributed by atoms with Gasteiger partial charge in [-0.3, -0.25) is 9.59 Å². The Morgan fingerprint density at radius 3 is 2.72 bits per heavy atom. The van der Waals surface area contributed by atoms with Crippen molar-refractivity contribution in [1.29, 1.82) is 0 Å². The number of carbonyl (C=O) groups is 2. The zero-order valence-corrected chi connectivity index (χ0v) is 17.6. The first-order valence-corrected chi connectivity index (χ1v) is 10.6. The molecule has 152 valence electrons. The molecular weight excluding hydrogens is 410 g/mol. The summed E-state index contributed by atoms with van der Waals surface area (Å²) in [6.45, 7) is 3.25. The SMILES string of the molecule is CCN(CC1=CC=C(C(=O)NCC(=O)O)CC1)c1nc(-c2ccccc2Cl)cs1. The van der Waals surface area contributed by atoms with Gasteiger partial charge in [0.1, 0.15) is 6.54 Å². The molecule has 0 saturated heterocycles. The first-order valence-electron chi connectivity index (χ1n) is 9.32. The average Bonchev–Trinajstić information content (AvgIpc) is 3.20. The number of allylic oxidation sites excluding steroid dienone is 2. The molecule has 0 bridgehead atoms. The van der Waals surface area contributed by atoms with Crippen molar-refractivity contribution >= 4 is 39.9 Å². The van der Waals surface area contributed by atoms with Gasteiger partial charge in [0.25, 0.3) is 0 Å². The molecule has 0 aliphatic heterocycles. The minimum atomic E-state index is -1.05. The van der Waals surface area contributed by atoms with Crippen LogP contribution in [0.2, 0.25) is 5.02 Å². The third-order valence-corrected chi connectivity index (χ3v) is 5.85. The molecule has 1 aliphatic carbocycles. The molecule has 1 heterocycles. The molecule has 1 aromatic heterocycles. The van der Waals surface area contributed by atoms with Crippen LogP contribution in [0.4, 0.5) is 5.13 Å². The number of aromatic nitrogens is 1. The molecule has 8 heteroatoms. The lowest BCUT2D eigenvalue weighted by atomic mass is 9.97. The quantitative estimate of drug-likeness (QED) is 0.656. The minimum absolute atomic E-state index is 0.320. The lowest BCUT2D eigenvalue weighted by Crippen LogP contribution is -2.31. The van der Waals surface area contributed by atoms with Crippen molar-refractivity contribution in [3.05, 3.63) is 58.0 Å². The lowest BCUT2D eigenvalue weighted by Gasteiger charge is -2.23. The molecule has 0 atom stereocenters. The fourth-order valence-corrected chi connectivity index (χ4v) is 4.16. The molecule has 0 spiro atoms. The second-order valence-corrected chi connectivity index (χ2v) is 7.85. The maximum absolute atomic E-state index is 12.0. The molecule has 1 amide bonds. The van der Waals surface area contributed by atoms with E-state index in [1.54, 1.807) is 17.4 Å². The first kappa shape index (κ1) is 21.1. The van der Waals surface area contributed by atoms with E-state index in [1.165, 1.54) is 5.57 Å². The number of benzene rings is 1. The Labute approximate surface area is 178 Å². The Morgan fingerprint density at radius 2 is 2.07 bits per heavy atom. The standard InChI is InChI=1S/C21H22ClN3O3S/c1-2-25(21-24-18(13-29-21)16-5-3-4-6-17(16)22)12-14-7-9-15(10-8-14)20(28)23-11-19(26)27/h3-7,9,13H,2,8,10-12H2,1H3,(H,23,28)(H,26,27). The summed E-state index contributed by atoms with van der Waals surface area (Å²) in [5.74, 6) is -1.37. The van der Waals surface area contributed by atoms with Crippen molar-refractivity contribution < 1.29 is 14.7 Å². The van der Waals surface area contributed by atoms with E-state index >= 15 is 0 Å². The monoisotopic (exact) mass is 431 g/mol. The molecule has 2 N–H and O–H groups in total. The number of nitrogens with zero attached hydrogens (tertiary/aromatic N) is 2. The van der Waals surface area contributed by atoms with Gasteiger partial charge in [-0.15, -0.1) is 11.3 Å². The van der Waals surface area contributed by atoms with E-state index in [0.717, 1.165) is 35.9 Å². The number of hydrogen-bond acceptors (Lipinski definition) is 5. The molecular formula is C21H22ClN3O3S. The highest BCUT2D eigenvalue weighted by Gasteiger charge is 2.17. The van der Waals surface area contributed by atoms with Crippen LogP contribution in [-0.4, -0.2) is 41.6 Å². The van der Waals surface area contributed by atoms with Crippen molar-refractivity contribution in [3.8, 4) is 11.3 Å². The van der Waals surface area contributed by atoms with Gasteiger partial charge in [0.15, 0.2) is 5.13 Å². The van der Waals surface area contributed by atoms with Gasteiger partial charge in [-0.05, 0) is 25.8 Å². The van der Waals surface area contributed by atoms with Crippen molar-refractivity contribution in [3.63, 3.8) is 0 Å². The van der Waals surface area contributed by atoms with E-state index in [-0.39, 0.29) is 12.5 Å². The number of thiazole rings is 1. The molecule has 0 unspecified atom stereocenters. The van der Waals surface area contributed by atoms with E-state index in [4.69, 9.17) is 21.7 Å². The van der Waals surface area contributed by atoms with Crippen molar-refractivity contribution in [2.75, 3.05) is 24.5 Å². The highest BCUT2D eigenvalue weighted by Crippen LogP contribution is 2.32. The smallest absolute Gasteiger partial charge is 0.322 e. The average molecular weight is 432 g/mol. The van der Waals surface area contributed by atoms with Crippen LogP contribution < -0.4 is 10.2 Å². The number of aliphatic carboxylic acids is 1. The number of nitrogens with one attached hydrogen (secondary N) is 1. The van der Waals surface area contributed by atoms with Crippen molar-refractivity contribution in [2.24, 2.45) is 0 Å². The highest BCUT2D eigenvalue weighted by molar-refractivity contribution is 7.14. The number of rotatable bonds is 8. The van der Waals surface area contributed by atoms with Gasteiger partial charge in [0.05, 0.1) is 5.69 Å². The molecule has 0 fully saturated rings. The Bertz CT molecular complexity index is 968. The number of amides is 1. The summed E-state index contributed by atoms with van der Waals surface area (Å²) in [7, 11) is 0. The Balaban J connectivity index is 1.67. The number of hydrogen-bond donors (Lipinski definition) is 2. The zero-order valence-electron chi connectivity index (χ0n) is 16.0. The second-order valence-electron chi connectivity index (χ2n) is 6.60. The summed E-state index contributed by atoms with van der Waals surface area (Å²) in [4.78, 5) is 29.5. The van der Waals surface area contributed by atoms with E-state index in [1.807, 2.05) is 35.7 Å². The Morgan fingerprint density at radius 1 is 1.28 bits per heavy atom. The van der Waals surface area contributed by atoms with E-state index in [0.29, 0.717) is 17.0 Å². The van der Waals surface area contributed by atoms with Gasteiger partial charge < -0.3 is 15.3 Å². The van der Waals surface area contributed by atoms with Crippen LogP contribution in [0.3, 0.4) is 0 Å². The number of carboxylic acid groups (broad SMARTS) is 1. The van der Waals surface area contributed by atoms with Crippen LogP contribution in [0.5, 0.6) is 0 Å². The van der Waals surface area contributed by atoms with Crippen LogP contribution in [-0.2, 0) is 9.59 Å². The molecule has 6 nitrogen and oxygen atoms in total. The van der Waals surface area contributed by atoms with E-state index < -0.39 is 5.97 Å². The number of anilines is 1. The summed E-state index contributed by atoms with van der Waals surface area (Å²) < 4.78 is 0. The molecule has 1 aliphatic rings. The second kappa shape index (κ2) is 9.71. The molecule has 0 saturated carbocycles. The predicted octanol–water partition coefficient (Wildman–Crippen LogP) is 4.14. The summed E-state index contributed by atoms with van der Waals surface area (Å²) in [6, 6.07) is 7.66. The van der Waals surface area contributed by atoms with Crippen LogP contribution in [0.1, 0.15) is 19.8 Å². The van der Waals surface area contributed by atoms with Crippen LogP contribution in [0, 0.1) is 0 Å². The van der Waals surface area contributed by atoms with Crippen LogP contribution >= 0.6 is 22.9 Å². The Hall–Kier alpha value is -2.64. The first-order chi connectivity index (χ1) is 14.0. The molecule has 1 aromatic carbocycles. The summed E-state index contributed by atoms with van der Waals surface area (Å²) in [5, 5.41) is 14.7. The van der Waals surface area contributed by atoms with E-state index in [2.05, 4.69) is 17.1 Å². The summed E-state index contributed by atoms with van der Waals surface area (Å²) >= 11 is 7.87. The lowest BCUT2D eigenvalue weighted by molar-refractivity contribution is -0.137. The third-order valence-electron chi connectivity index (χ3n) is 4.62. The topological polar surface area (TPSA) is 82.5 Å². The maximum atomic E-state index is 12.0. The fraction of sp³-hybridized carbons (Fsp3) is 0.286. The van der Waals surface area contributed by atoms with E-state index in [9.17, 15) is 9.59 Å². The van der Waals surface area contributed by atoms with Gasteiger partial charge in [-0.25, -0.2) is 4.98 Å². The fourth-order valence-electron chi connectivity index (χ4n) is 3.03.